The molecular formula is C10H9N5O. The number of imidazole rings is 1. The van der Waals surface area contributed by atoms with Crippen LogP contribution in [0.4, 0.5) is 0 Å². The van der Waals surface area contributed by atoms with E-state index < -0.39 is 0 Å². The molecule has 0 fully saturated rings. The zero-order valence-electron chi connectivity index (χ0n) is 8.58. The van der Waals surface area contributed by atoms with Crippen molar-refractivity contribution in [2.75, 3.05) is 5.84 Å². The van der Waals surface area contributed by atoms with E-state index >= 15 is 0 Å². The van der Waals surface area contributed by atoms with Crippen LogP contribution in [-0.4, -0.2) is 19.3 Å². The summed E-state index contributed by atoms with van der Waals surface area (Å²) in [5.41, 5.74) is 1.61. The Morgan fingerprint density at radius 2 is 2.06 bits per heavy atom. The van der Waals surface area contributed by atoms with Crippen molar-refractivity contribution in [2.24, 2.45) is 0 Å². The van der Waals surface area contributed by atoms with E-state index in [4.69, 9.17) is 5.84 Å². The summed E-state index contributed by atoms with van der Waals surface area (Å²) in [6, 6.07) is 7.50. The first-order valence-corrected chi connectivity index (χ1v) is 4.80. The van der Waals surface area contributed by atoms with E-state index in [1.165, 1.54) is 0 Å². The Bertz CT molecular complexity index is 755. The molecule has 2 N–H and O–H groups in total. The second-order valence-electron chi connectivity index (χ2n) is 3.57. The Kier molecular flexibility index (Phi) is 1.57. The van der Waals surface area contributed by atoms with Gasteiger partial charge in [0.25, 0.3) is 11.3 Å². The maximum Gasteiger partial charge on any atom is 0.295 e. The van der Waals surface area contributed by atoms with Crippen molar-refractivity contribution in [2.45, 2.75) is 6.92 Å². The van der Waals surface area contributed by atoms with Gasteiger partial charge in [0, 0.05) is 0 Å². The summed E-state index contributed by atoms with van der Waals surface area (Å²) in [7, 11) is 0. The minimum absolute atomic E-state index is 0.331. The SMILES string of the molecule is Cc1nn2c3ccccc3nc2n(N)c1=O. The van der Waals surface area contributed by atoms with Gasteiger partial charge in [-0.15, -0.1) is 0 Å². The van der Waals surface area contributed by atoms with Gasteiger partial charge in [0.05, 0.1) is 11.0 Å². The van der Waals surface area contributed by atoms with Gasteiger partial charge in [0.2, 0.25) is 0 Å². The van der Waals surface area contributed by atoms with Crippen molar-refractivity contribution in [3.05, 3.63) is 40.3 Å². The lowest BCUT2D eigenvalue weighted by Gasteiger charge is -2.01. The molecule has 1 aromatic carbocycles. The van der Waals surface area contributed by atoms with Gasteiger partial charge in [-0.2, -0.15) is 14.3 Å². The number of hydrogen-bond donors (Lipinski definition) is 1. The highest BCUT2D eigenvalue weighted by Gasteiger charge is 2.10. The number of hydrogen-bond acceptors (Lipinski definition) is 4. The zero-order valence-corrected chi connectivity index (χ0v) is 8.58. The van der Waals surface area contributed by atoms with Crippen molar-refractivity contribution in [1.82, 2.24) is 19.3 Å². The van der Waals surface area contributed by atoms with Gasteiger partial charge in [0.1, 0.15) is 5.69 Å². The molecule has 0 aliphatic rings. The monoisotopic (exact) mass is 215 g/mol. The van der Waals surface area contributed by atoms with Gasteiger partial charge in [-0.1, -0.05) is 12.1 Å². The van der Waals surface area contributed by atoms with E-state index in [-0.39, 0.29) is 5.56 Å². The van der Waals surface area contributed by atoms with E-state index in [1.807, 2.05) is 24.3 Å². The standard InChI is InChI=1S/C10H9N5O/c1-6-9(16)14(11)10-12-7-4-2-3-5-8(7)15(10)13-6/h2-5H,11H2,1H3. The van der Waals surface area contributed by atoms with Crippen LogP contribution in [0.2, 0.25) is 0 Å². The summed E-state index contributed by atoms with van der Waals surface area (Å²) in [4.78, 5) is 15.8. The molecule has 0 radical (unpaired) electrons. The van der Waals surface area contributed by atoms with Crippen LogP contribution in [0.1, 0.15) is 5.69 Å². The second kappa shape index (κ2) is 2.82. The molecule has 0 aliphatic heterocycles. The van der Waals surface area contributed by atoms with Crippen LogP contribution in [-0.2, 0) is 0 Å². The zero-order chi connectivity index (χ0) is 11.3. The van der Waals surface area contributed by atoms with Gasteiger partial charge in [-0.05, 0) is 19.1 Å². The topological polar surface area (TPSA) is 78.2 Å². The van der Waals surface area contributed by atoms with E-state index in [1.54, 1.807) is 11.4 Å². The normalized spacial score (nSPS) is 11.3. The van der Waals surface area contributed by atoms with Crippen molar-refractivity contribution in [3.8, 4) is 0 Å². The highest BCUT2D eigenvalue weighted by atomic mass is 16.1. The molecule has 6 heteroatoms. The molecule has 0 atom stereocenters. The van der Waals surface area contributed by atoms with Crippen LogP contribution < -0.4 is 11.4 Å². The van der Waals surface area contributed by atoms with Crippen molar-refractivity contribution < 1.29 is 0 Å². The van der Waals surface area contributed by atoms with Crippen LogP contribution in [0.5, 0.6) is 0 Å². The lowest BCUT2D eigenvalue weighted by atomic mass is 10.3. The fourth-order valence-electron chi connectivity index (χ4n) is 1.71. The first kappa shape index (κ1) is 8.90. The molecule has 2 aromatic heterocycles. The lowest BCUT2D eigenvalue weighted by molar-refractivity contribution is 0.795. The van der Waals surface area contributed by atoms with Crippen molar-refractivity contribution >= 4 is 16.8 Å². The predicted molar refractivity (Wildman–Crippen MR) is 59.6 cm³/mol. The lowest BCUT2D eigenvalue weighted by Crippen LogP contribution is -2.32. The number of benzene rings is 1. The first-order chi connectivity index (χ1) is 7.68. The van der Waals surface area contributed by atoms with Gasteiger partial charge >= 0.3 is 0 Å². The van der Waals surface area contributed by atoms with Crippen LogP contribution in [0.3, 0.4) is 0 Å². The first-order valence-electron chi connectivity index (χ1n) is 4.80. The molecule has 16 heavy (non-hydrogen) atoms. The molecule has 3 aromatic rings. The molecule has 0 aliphatic carbocycles. The number of aryl methyl sites for hydroxylation is 1. The van der Waals surface area contributed by atoms with E-state index in [2.05, 4.69) is 10.1 Å². The van der Waals surface area contributed by atoms with E-state index in [9.17, 15) is 4.79 Å². The Balaban J connectivity index is 2.66. The molecule has 0 spiro atoms. The molecule has 2 heterocycles. The second-order valence-corrected chi connectivity index (χ2v) is 3.57. The van der Waals surface area contributed by atoms with Crippen molar-refractivity contribution in [3.63, 3.8) is 0 Å². The number of nitrogen functional groups attached to an aromatic ring is 1. The smallest absolute Gasteiger partial charge is 0.295 e. The van der Waals surface area contributed by atoms with Crippen molar-refractivity contribution in [1.29, 1.82) is 0 Å². The van der Waals surface area contributed by atoms with Crippen LogP contribution in [0, 0.1) is 6.92 Å². The minimum Gasteiger partial charge on any atom is -0.333 e. The largest absolute Gasteiger partial charge is 0.333 e. The third kappa shape index (κ3) is 0.979. The number of rotatable bonds is 0. The van der Waals surface area contributed by atoms with E-state index in [0.717, 1.165) is 15.7 Å². The highest BCUT2D eigenvalue weighted by Crippen LogP contribution is 2.12. The highest BCUT2D eigenvalue weighted by molar-refractivity contribution is 5.78. The molecule has 80 valence electrons. The molecular weight excluding hydrogens is 206 g/mol. The average Bonchev–Trinajstić information content (AvgIpc) is 2.65. The molecule has 0 unspecified atom stereocenters. The number of nitrogens with two attached hydrogens (primary N) is 1. The fraction of sp³-hybridized carbons (Fsp3) is 0.100. The van der Waals surface area contributed by atoms with Crippen LogP contribution in [0.15, 0.2) is 29.1 Å². The van der Waals surface area contributed by atoms with Crippen LogP contribution in [0.25, 0.3) is 16.8 Å². The quantitative estimate of drug-likeness (QED) is 0.538. The van der Waals surface area contributed by atoms with Gasteiger partial charge in [-0.25, -0.2) is 4.98 Å². The summed E-state index contributed by atoms with van der Waals surface area (Å²) in [6.07, 6.45) is 0. The third-order valence-electron chi connectivity index (χ3n) is 2.51. The van der Waals surface area contributed by atoms with Gasteiger partial charge < -0.3 is 5.84 Å². The predicted octanol–water partition coefficient (Wildman–Crippen LogP) is 0.0664. The number of nitrogens with zero attached hydrogens (tertiary/aromatic N) is 4. The number of para-hydroxylation sites is 2. The third-order valence-corrected chi connectivity index (χ3v) is 2.51. The molecule has 0 saturated heterocycles. The molecule has 3 rings (SSSR count). The Hall–Kier alpha value is -2.37. The van der Waals surface area contributed by atoms with Crippen LogP contribution >= 0.6 is 0 Å². The summed E-state index contributed by atoms with van der Waals surface area (Å²) in [5.74, 6) is 6.01. The molecule has 6 nitrogen and oxygen atoms in total. The average molecular weight is 215 g/mol. The Labute approximate surface area is 89.9 Å². The number of aromatic nitrogens is 4. The minimum atomic E-state index is -0.331. The Morgan fingerprint density at radius 3 is 2.88 bits per heavy atom. The van der Waals surface area contributed by atoms with Gasteiger partial charge in [0.15, 0.2) is 0 Å². The molecule has 0 saturated carbocycles. The number of fused-ring (bicyclic) bond motifs is 3. The van der Waals surface area contributed by atoms with E-state index in [0.29, 0.717) is 11.5 Å². The summed E-state index contributed by atoms with van der Waals surface area (Å²) < 4.78 is 2.59. The maximum atomic E-state index is 11.6. The summed E-state index contributed by atoms with van der Waals surface area (Å²) >= 11 is 0. The molecule has 0 amide bonds. The maximum absolute atomic E-state index is 11.6. The summed E-state index contributed by atoms with van der Waals surface area (Å²) in [6.45, 7) is 1.62. The molecule has 0 bridgehead atoms. The Morgan fingerprint density at radius 1 is 1.31 bits per heavy atom. The fourth-order valence-corrected chi connectivity index (χ4v) is 1.71. The summed E-state index contributed by atoms with van der Waals surface area (Å²) in [5, 5.41) is 4.16. The van der Waals surface area contributed by atoms with Gasteiger partial charge in [-0.3, -0.25) is 4.79 Å².